The number of pyridine rings is 1. The van der Waals surface area contributed by atoms with Crippen molar-refractivity contribution in [2.24, 2.45) is 0 Å². The summed E-state index contributed by atoms with van der Waals surface area (Å²) in [6.45, 7) is 0.541. The zero-order valence-electron chi connectivity index (χ0n) is 9.87. The first-order chi connectivity index (χ1) is 9.34. The molecule has 3 aromatic heterocycles. The molecular formula is C11H11N7S. The minimum Gasteiger partial charge on any atom is -0.382 e. The molecule has 3 aromatic rings. The molecule has 0 aliphatic heterocycles. The molecule has 0 aliphatic rings. The molecule has 96 valence electrons. The summed E-state index contributed by atoms with van der Waals surface area (Å²) in [7, 11) is 0. The van der Waals surface area contributed by atoms with Gasteiger partial charge in [0.15, 0.2) is 0 Å². The van der Waals surface area contributed by atoms with Gasteiger partial charge in [0, 0.05) is 12.4 Å². The molecular weight excluding hydrogens is 262 g/mol. The second kappa shape index (κ2) is 5.02. The third-order valence-electron chi connectivity index (χ3n) is 2.57. The van der Waals surface area contributed by atoms with E-state index < -0.39 is 0 Å². The van der Waals surface area contributed by atoms with E-state index in [9.17, 15) is 0 Å². The van der Waals surface area contributed by atoms with E-state index in [1.54, 1.807) is 12.4 Å². The summed E-state index contributed by atoms with van der Waals surface area (Å²) in [6, 6.07) is 3.81. The third-order valence-corrected chi connectivity index (χ3v) is 3.39. The largest absolute Gasteiger partial charge is 0.382 e. The van der Waals surface area contributed by atoms with Crippen LogP contribution < -0.4 is 11.1 Å². The normalized spacial score (nSPS) is 10.5. The Balaban J connectivity index is 1.87. The summed E-state index contributed by atoms with van der Waals surface area (Å²) < 4.78 is 4.18. The number of hydrogen-bond donors (Lipinski definition) is 3. The van der Waals surface area contributed by atoms with Gasteiger partial charge in [-0.05, 0) is 29.2 Å². The Morgan fingerprint density at radius 3 is 2.89 bits per heavy atom. The van der Waals surface area contributed by atoms with E-state index in [1.807, 2.05) is 12.1 Å². The van der Waals surface area contributed by atoms with Crippen molar-refractivity contribution >= 4 is 22.4 Å². The molecule has 4 N–H and O–H groups in total. The predicted molar refractivity (Wildman–Crippen MR) is 73.5 cm³/mol. The maximum atomic E-state index is 5.93. The Hall–Kier alpha value is -2.48. The number of aromatic amines is 1. The van der Waals surface area contributed by atoms with Crippen LogP contribution in [0.2, 0.25) is 0 Å². The van der Waals surface area contributed by atoms with Crippen molar-refractivity contribution in [3.05, 3.63) is 36.7 Å². The topological polar surface area (TPSA) is 105 Å². The van der Waals surface area contributed by atoms with Crippen molar-refractivity contribution in [1.82, 2.24) is 24.5 Å². The van der Waals surface area contributed by atoms with Crippen LogP contribution in [-0.2, 0) is 6.54 Å². The molecule has 0 spiro atoms. The Bertz CT molecular complexity index is 647. The van der Waals surface area contributed by atoms with E-state index in [1.165, 1.54) is 17.9 Å². The molecule has 0 saturated heterocycles. The Morgan fingerprint density at radius 1 is 1.32 bits per heavy atom. The van der Waals surface area contributed by atoms with E-state index in [-0.39, 0.29) is 0 Å². The van der Waals surface area contributed by atoms with E-state index >= 15 is 0 Å². The molecule has 0 atom stereocenters. The highest BCUT2D eigenvalue weighted by molar-refractivity contribution is 7.11. The zero-order valence-corrected chi connectivity index (χ0v) is 10.7. The maximum absolute atomic E-state index is 5.93. The van der Waals surface area contributed by atoms with Gasteiger partial charge in [-0.25, -0.2) is 4.98 Å². The number of hydrogen-bond acceptors (Lipinski definition) is 7. The lowest BCUT2D eigenvalue weighted by molar-refractivity contribution is 0.958. The average molecular weight is 273 g/mol. The van der Waals surface area contributed by atoms with Crippen LogP contribution in [0.3, 0.4) is 0 Å². The van der Waals surface area contributed by atoms with Gasteiger partial charge in [0.1, 0.15) is 23.0 Å². The number of rotatable bonds is 4. The van der Waals surface area contributed by atoms with Crippen molar-refractivity contribution in [3.63, 3.8) is 0 Å². The Labute approximate surface area is 113 Å². The molecule has 7 nitrogen and oxygen atoms in total. The van der Waals surface area contributed by atoms with Crippen LogP contribution in [0.15, 0.2) is 30.9 Å². The molecule has 0 amide bonds. The van der Waals surface area contributed by atoms with Crippen LogP contribution >= 0.6 is 11.5 Å². The molecule has 3 heterocycles. The molecule has 0 aliphatic carbocycles. The van der Waals surface area contributed by atoms with E-state index in [4.69, 9.17) is 5.73 Å². The molecule has 0 radical (unpaired) electrons. The summed E-state index contributed by atoms with van der Waals surface area (Å²) in [5, 5.41) is 10.8. The Kier molecular flexibility index (Phi) is 3.07. The van der Waals surface area contributed by atoms with Gasteiger partial charge in [-0.1, -0.05) is 0 Å². The number of nitrogens with two attached hydrogens (primary N) is 1. The van der Waals surface area contributed by atoms with E-state index in [2.05, 4.69) is 29.9 Å². The number of nitrogens with one attached hydrogen (secondary N) is 2. The van der Waals surface area contributed by atoms with Crippen LogP contribution in [0.25, 0.3) is 11.1 Å². The molecule has 0 bridgehead atoms. The highest BCUT2D eigenvalue weighted by Crippen LogP contribution is 2.36. The molecule has 8 heteroatoms. The summed E-state index contributed by atoms with van der Waals surface area (Å²) in [5.74, 6) is 1.27. The lowest BCUT2D eigenvalue weighted by Crippen LogP contribution is -2.01. The van der Waals surface area contributed by atoms with Crippen molar-refractivity contribution in [2.45, 2.75) is 6.54 Å². The lowest BCUT2D eigenvalue weighted by Gasteiger charge is -2.05. The fraction of sp³-hybridized carbons (Fsp3) is 0.0909. The first-order valence-electron chi connectivity index (χ1n) is 5.58. The molecule has 0 saturated carbocycles. The second-order valence-electron chi connectivity index (χ2n) is 3.79. The van der Waals surface area contributed by atoms with Gasteiger partial charge in [0.25, 0.3) is 0 Å². The van der Waals surface area contributed by atoms with Crippen molar-refractivity contribution in [1.29, 1.82) is 0 Å². The zero-order chi connectivity index (χ0) is 13.1. The average Bonchev–Trinajstić information content (AvgIpc) is 3.07. The molecule has 0 aromatic carbocycles. The standard InChI is InChI=1S/C11H11N7S/c12-10-9(7-1-3-13-4-2-7)11(19-18-10)14-5-8-15-6-16-17-8/h1-4,6,14H,5H2,(H2,12,18)(H,15,16,17). The first-order valence-corrected chi connectivity index (χ1v) is 6.35. The predicted octanol–water partition coefficient (Wildman–Crippen LogP) is 1.52. The third kappa shape index (κ3) is 2.38. The first kappa shape index (κ1) is 11.6. The van der Waals surface area contributed by atoms with Gasteiger partial charge in [-0.15, -0.1) is 0 Å². The highest BCUT2D eigenvalue weighted by atomic mass is 32.1. The van der Waals surface area contributed by atoms with Gasteiger partial charge in [0.2, 0.25) is 0 Å². The maximum Gasteiger partial charge on any atom is 0.147 e. The summed E-state index contributed by atoms with van der Waals surface area (Å²) in [5.41, 5.74) is 7.81. The van der Waals surface area contributed by atoms with Gasteiger partial charge in [-0.3, -0.25) is 10.1 Å². The number of anilines is 2. The summed E-state index contributed by atoms with van der Waals surface area (Å²) >= 11 is 1.32. The van der Waals surface area contributed by atoms with Gasteiger partial charge >= 0.3 is 0 Å². The smallest absolute Gasteiger partial charge is 0.147 e. The SMILES string of the molecule is Nc1nsc(NCc2ncn[nH]2)c1-c1ccncc1. The van der Waals surface area contributed by atoms with Crippen LogP contribution in [-0.4, -0.2) is 24.5 Å². The van der Waals surface area contributed by atoms with Gasteiger partial charge < -0.3 is 11.1 Å². The van der Waals surface area contributed by atoms with E-state index in [0.29, 0.717) is 12.4 Å². The monoisotopic (exact) mass is 273 g/mol. The lowest BCUT2D eigenvalue weighted by atomic mass is 10.1. The fourth-order valence-electron chi connectivity index (χ4n) is 1.70. The van der Waals surface area contributed by atoms with E-state index in [0.717, 1.165) is 22.0 Å². The quantitative estimate of drug-likeness (QED) is 0.665. The number of H-pyrrole nitrogens is 1. The summed E-state index contributed by atoms with van der Waals surface area (Å²) in [4.78, 5) is 8.05. The second-order valence-corrected chi connectivity index (χ2v) is 4.57. The molecule has 3 rings (SSSR count). The van der Waals surface area contributed by atoms with Crippen molar-refractivity contribution in [3.8, 4) is 11.1 Å². The van der Waals surface area contributed by atoms with Crippen molar-refractivity contribution < 1.29 is 0 Å². The van der Waals surface area contributed by atoms with Crippen LogP contribution in [0.5, 0.6) is 0 Å². The van der Waals surface area contributed by atoms with Crippen LogP contribution in [0, 0.1) is 0 Å². The van der Waals surface area contributed by atoms with Crippen LogP contribution in [0.1, 0.15) is 5.82 Å². The summed E-state index contributed by atoms with van der Waals surface area (Å²) in [6.07, 6.45) is 4.93. The molecule has 0 unspecified atom stereocenters. The molecule has 0 fully saturated rings. The fourth-order valence-corrected chi connectivity index (χ4v) is 2.43. The van der Waals surface area contributed by atoms with Crippen molar-refractivity contribution in [2.75, 3.05) is 11.1 Å². The van der Waals surface area contributed by atoms with Gasteiger partial charge in [-0.2, -0.15) is 9.47 Å². The minimum absolute atomic E-state index is 0.510. The highest BCUT2D eigenvalue weighted by Gasteiger charge is 2.13. The molecule has 19 heavy (non-hydrogen) atoms. The number of nitrogens with zero attached hydrogens (tertiary/aromatic N) is 4. The number of nitrogen functional groups attached to an aromatic ring is 1. The number of aromatic nitrogens is 5. The van der Waals surface area contributed by atoms with Crippen LogP contribution in [0.4, 0.5) is 10.8 Å². The van der Waals surface area contributed by atoms with Gasteiger partial charge in [0.05, 0.1) is 12.1 Å². The Morgan fingerprint density at radius 2 is 2.16 bits per heavy atom. The minimum atomic E-state index is 0.510.